The maximum absolute atomic E-state index is 10.4. The van der Waals surface area contributed by atoms with Gasteiger partial charge in [0, 0.05) is 6.20 Å². The Hall–Kier alpha value is -2.50. The quantitative estimate of drug-likeness (QED) is 0.581. The van der Waals surface area contributed by atoms with Crippen molar-refractivity contribution in [2.45, 2.75) is 0 Å². The first-order chi connectivity index (χ1) is 7.75. The predicted molar refractivity (Wildman–Crippen MR) is 56.3 cm³/mol. The van der Waals surface area contributed by atoms with Crippen molar-refractivity contribution in [2.75, 3.05) is 0 Å². The maximum atomic E-state index is 10.4. The van der Waals surface area contributed by atoms with Crippen molar-refractivity contribution in [3.63, 3.8) is 0 Å². The number of nitrogens with zero attached hydrogens (tertiary/aromatic N) is 3. The fourth-order valence-electron chi connectivity index (χ4n) is 1.10. The van der Waals surface area contributed by atoms with E-state index < -0.39 is 4.92 Å². The molecule has 2 aromatic rings. The van der Waals surface area contributed by atoms with E-state index in [2.05, 4.69) is 9.97 Å². The minimum Gasteiger partial charge on any atom is -0.401 e. The van der Waals surface area contributed by atoms with Gasteiger partial charge in [0.1, 0.15) is 17.0 Å². The van der Waals surface area contributed by atoms with Gasteiger partial charge in [-0.1, -0.05) is 0 Å². The smallest absolute Gasteiger partial charge is 0.401 e. The molecule has 2 rings (SSSR count). The predicted octanol–water partition coefficient (Wildman–Crippen LogP) is 2.15. The van der Waals surface area contributed by atoms with Crippen LogP contribution in [0, 0.1) is 10.1 Å². The Morgan fingerprint density at radius 3 is 2.81 bits per heavy atom. The Morgan fingerprint density at radius 1 is 1.31 bits per heavy atom. The van der Waals surface area contributed by atoms with E-state index in [4.69, 9.17) is 4.42 Å². The van der Waals surface area contributed by atoms with Crippen molar-refractivity contribution in [3.8, 4) is 0 Å². The van der Waals surface area contributed by atoms with E-state index in [0.717, 1.165) is 0 Å². The summed E-state index contributed by atoms with van der Waals surface area (Å²) < 4.78 is 4.94. The van der Waals surface area contributed by atoms with Crippen LogP contribution in [0.25, 0.3) is 12.2 Å². The second-order valence-corrected chi connectivity index (χ2v) is 2.90. The second kappa shape index (κ2) is 4.35. The van der Waals surface area contributed by atoms with Crippen LogP contribution in [0.2, 0.25) is 0 Å². The molecule has 0 atom stereocenters. The fraction of sp³-hybridized carbons (Fsp3) is 0. The molecule has 0 aliphatic heterocycles. The molecule has 0 aromatic carbocycles. The van der Waals surface area contributed by atoms with Crippen molar-refractivity contribution in [2.24, 2.45) is 0 Å². The summed E-state index contributed by atoms with van der Waals surface area (Å²) in [4.78, 5) is 17.5. The summed E-state index contributed by atoms with van der Waals surface area (Å²) in [5.74, 6) is 0.132. The van der Waals surface area contributed by atoms with E-state index in [1.54, 1.807) is 24.4 Å². The molecule has 80 valence electrons. The molecule has 0 radical (unpaired) electrons. The van der Waals surface area contributed by atoms with Gasteiger partial charge in [-0.05, 0) is 24.3 Å². The van der Waals surface area contributed by atoms with E-state index >= 15 is 0 Å². The Balaban J connectivity index is 2.15. The molecule has 0 spiro atoms. The van der Waals surface area contributed by atoms with Crippen molar-refractivity contribution in [3.05, 3.63) is 52.3 Å². The van der Waals surface area contributed by atoms with Crippen LogP contribution >= 0.6 is 0 Å². The zero-order chi connectivity index (χ0) is 11.4. The first-order valence-corrected chi connectivity index (χ1v) is 4.44. The molecule has 2 heterocycles. The largest absolute Gasteiger partial charge is 0.433 e. The van der Waals surface area contributed by atoms with E-state index in [1.807, 2.05) is 0 Å². The highest BCUT2D eigenvalue weighted by atomic mass is 16.6. The number of furan rings is 1. The number of rotatable bonds is 3. The first kappa shape index (κ1) is 10.0. The van der Waals surface area contributed by atoms with Gasteiger partial charge in [-0.15, -0.1) is 0 Å². The van der Waals surface area contributed by atoms with Gasteiger partial charge in [-0.3, -0.25) is 10.1 Å². The van der Waals surface area contributed by atoms with Crippen molar-refractivity contribution in [1.82, 2.24) is 9.97 Å². The summed E-state index contributed by atoms with van der Waals surface area (Å²) in [5.41, 5.74) is 0.703. The molecule has 0 aliphatic rings. The Bertz CT molecular complexity index is 519. The second-order valence-electron chi connectivity index (χ2n) is 2.90. The summed E-state index contributed by atoms with van der Waals surface area (Å²) in [5, 5.41) is 10.4. The third-order valence-corrected chi connectivity index (χ3v) is 1.82. The summed E-state index contributed by atoms with van der Waals surface area (Å²) in [6.07, 6.45) is 6.32. The van der Waals surface area contributed by atoms with Crippen LogP contribution in [-0.2, 0) is 0 Å². The minimum absolute atomic E-state index is 0.276. The Kier molecular flexibility index (Phi) is 2.73. The molecule has 0 bridgehead atoms. The van der Waals surface area contributed by atoms with E-state index in [9.17, 15) is 10.1 Å². The standard InChI is InChI=1S/C10H7N3O3/c14-13(15)10-4-3-9(16-10)2-1-8-5-6-11-7-12-8/h1-7H. The van der Waals surface area contributed by atoms with Gasteiger partial charge in [-0.25, -0.2) is 9.97 Å². The monoisotopic (exact) mass is 217 g/mol. The molecule has 0 unspecified atom stereocenters. The number of aromatic nitrogens is 2. The SMILES string of the molecule is O=[N+]([O-])c1ccc(C=Cc2ccncn2)o1. The normalized spacial score (nSPS) is 10.8. The molecular weight excluding hydrogens is 210 g/mol. The van der Waals surface area contributed by atoms with Crippen molar-refractivity contribution in [1.29, 1.82) is 0 Å². The van der Waals surface area contributed by atoms with Gasteiger partial charge in [0.15, 0.2) is 0 Å². The van der Waals surface area contributed by atoms with Gasteiger partial charge in [-0.2, -0.15) is 0 Å². The molecule has 6 nitrogen and oxygen atoms in total. The van der Waals surface area contributed by atoms with Crippen LogP contribution in [0.1, 0.15) is 11.5 Å². The highest BCUT2D eigenvalue weighted by molar-refractivity contribution is 5.65. The molecule has 0 saturated heterocycles. The summed E-state index contributed by atoms with van der Waals surface area (Å²) in [6, 6.07) is 4.54. The van der Waals surface area contributed by atoms with E-state index in [1.165, 1.54) is 18.5 Å². The molecule has 0 aliphatic carbocycles. The minimum atomic E-state index is -0.581. The van der Waals surface area contributed by atoms with Crippen LogP contribution in [0.15, 0.2) is 35.1 Å². The van der Waals surface area contributed by atoms with Crippen molar-refractivity contribution < 1.29 is 9.34 Å². The Morgan fingerprint density at radius 2 is 2.19 bits per heavy atom. The van der Waals surface area contributed by atoms with Crippen LogP contribution in [0.4, 0.5) is 5.88 Å². The third kappa shape index (κ3) is 2.30. The lowest BCUT2D eigenvalue weighted by Gasteiger charge is -1.88. The molecule has 0 N–H and O–H groups in total. The lowest BCUT2D eigenvalue weighted by Crippen LogP contribution is -1.82. The topological polar surface area (TPSA) is 82.1 Å². The van der Waals surface area contributed by atoms with Crippen molar-refractivity contribution >= 4 is 18.0 Å². The van der Waals surface area contributed by atoms with Gasteiger partial charge >= 0.3 is 5.88 Å². The van der Waals surface area contributed by atoms with E-state index in [0.29, 0.717) is 11.5 Å². The Labute approximate surface area is 90.4 Å². The molecule has 6 heteroatoms. The molecule has 0 saturated carbocycles. The van der Waals surface area contributed by atoms with Gasteiger partial charge in [0.2, 0.25) is 0 Å². The van der Waals surface area contributed by atoms with Crippen LogP contribution in [0.3, 0.4) is 0 Å². The van der Waals surface area contributed by atoms with Gasteiger partial charge < -0.3 is 4.42 Å². The summed E-state index contributed by atoms with van der Waals surface area (Å²) >= 11 is 0. The number of hydrogen-bond acceptors (Lipinski definition) is 5. The maximum Gasteiger partial charge on any atom is 0.433 e. The highest BCUT2D eigenvalue weighted by Crippen LogP contribution is 2.17. The van der Waals surface area contributed by atoms with Crippen LogP contribution in [0.5, 0.6) is 0 Å². The average Bonchev–Trinajstić information content (AvgIpc) is 2.76. The number of nitro groups is 1. The molecule has 0 fully saturated rings. The summed E-state index contributed by atoms with van der Waals surface area (Å²) in [6.45, 7) is 0. The lowest BCUT2D eigenvalue weighted by molar-refractivity contribution is -0.402. The number of hydrogen-bond donors (Lipinski definition) is 0. The van der Waals surface area contributed by atoms with Crippen LogP contribution in [-0.4, -0.2) is 14.9 Å². The average molecular weight is 217 g/mol. The van der Waals surface area contributed by atoms with Gasteiger partial charge in [0.25, 0.3) is 0 Å². The molecule has 16 heavy (non-hydrogen) atoms. The lowest BCUT2D eigenvalue weighted by atomic mass is 10.3. The first-order valence-electron chi connectivity index (χ1n) is 4.44. The third-order valence-electron chi connectivity index (χ3n) is 1.82. The molecule has 2 aromatic heterocycles. The van der Waals surface area contributed by atoms with E-state index in [-0.39, 0.29) is 5.88 Å². The molecule has 0 amide bonds. The highest BCUT2D eigenvalue weighted by Gasteiger charge is 2.09. The zero-order valence-electron chi connectivity index (χ0n) is 8.11. The fourth-order valence-corrected chi connectivity index (χ4v) is 1.10. The van der Waals surface area contributed by atoms with Gasteiger partial charge in [0.05, 0.1) is 11.8 Å². The molecular formula is C10H7N3O3. The zero-order valence-corrected chi connectivity index (χ0v) is 8.11. The van der Waals surface area contributed by atoms with Crippen LogP contribution < -0.4 is 0 Å². The summed E-state index contributed by atoms with van der Waals surface area (Å²) in [7, 11) is 0.